The molecule has 2 atom stereocenters. The molecular formula is C38H74O3. The number of hydrogen-bond donors (Lipinski definition) is 1. The lowest BCUT2D eigenvalue weighted by Gasteiger charge is -2.16. The zero-order valence-electron chi connectivity index (χ0n) is 28.3. The fourth-order valence-corrected chi connectivity index (χ4v) is 5.73. The van der Waals surface area contributed by atoms with Crippen molar-refractivity contribution in [1.29, 1.82) is 0 Å². The molecule has 0 spiro atoms. The number of allylic oxidation sites excluding steroid dienone is 1. The molecule has 0 aliphatic heterocycles. The van der Waals surface area contributed by atoms with Crippen molar-refractivity contribution in [3.63, 3.8) is 0 Å². The molecule has 1 unspecified atom stereocenters. The SMILES string of the molecule is CCCCCCCCCCCCOC(=O)C(CCCCCCC=CC[C@H](O)CCCCCC)CCCCCCCC. The van der Waals surface area contributed by atoms with Gasteiger partial charge in [0.15, 0.2) is 0 Å². The molecule has 0 aromatic heterocycles. The van der Waals surface area contributed by atoms with E-state index >= 15 is 0 Å². The Morgan fingerprint density at radius 2 is 0.951 bits per heavy atom. The second-order valence-electron chi connectivity index (χ2n) is 12.8. The number of esters is 1. The minimum atomic E-state index is -0.170. The van der Waals surface area contributed by atoms with Crippen molar-refractivity contribution in [3.8, 4) is 0 Å². The monoisotopic (exact) mass is 579 g/mol. The van der Waals surface area contributed by atoms with Crippen molar-refractivity contribution in [2.75, 3.05) is 6.61 Å². The molecule has 0 bridgehead atoms. The average molecular weight is 579 g/mol. The Morgan fingerprint density at radius 3 is 1.49 bits per heavy atom. The van der Waals surface area contributed by atoms with Crippen LogP contribution in [-0.2, 0) is 9.53 Å². The van der Waals surface area contributed by atoms with E-state index in [0.29, 0.717) is 6.61 Å². The topological polar surface area (TPSA) is 46.5 Å². The summed E-state index contributed by atoms with van der Waals surface area (Å²) in [6.07, 6.45) is 39.5. The third-order valence-corrected chi connectivity index (χ3v) is 8.62. The van der Waals surface area contributed by atoms with Gasteiger partial charge in [0.2, 0.25) is 0 Å². The Bertz CT molecular complexity index is 544. The first-order chi connectivity index (χ1) is 20.2. The highest BCUT2D eigenvalue weighted by Crippen LogP contribution is 2.21. The van der Waals surface area contributed by atoms with E-state index < -0.39 is 0 Å². The maximum Gasteiger partial charge on any atom is 0.308 e. The van der Waals surface area contributed by atoms with Gasteiger partial charge in [0.25, 0.3) is 0 Å². The summed E-state index contributed by atoms with van der Waals surface area (Å²) >= 11 is 0. The summed E-state index contributed by atoms with van der Waals surface area (Å²) in [5, 5.41) is 10.1. The number of carbonyl (C=O) groups excluding carboxylic acids is 1. The molecule has 0 aliphatic carbocycles. The van der Waals surface area contributed by atoms with E-state index in [1.54, 1.807) is 0 Å². The molecule has 0 radical (unpaired) electrons. The highest BCUT2D eigenvalue weighted by atomic mass is 16.5. The lowest BCUT2D eigenvalue weighted by Crippen LogP contribution is -2.18. The lowest BCUT2D eigenvalue weighted by atomic mass is 9.94. The fourth-order valence-electron chi connectivity index (χ4n) is 5.73. The largest absolute Gasteiger partial charge is 0.465 e. The van der Waals surface area contributed by atoms with Gasteiger partial charge in [-0.25, -0.2) is 0 Å². The predicted molar refractivity (Wildman–Crippen MR) is 181 cm³/mol. The average Bonchev–Trinajstić information content (AvgIpc) is 2.97. The fraction of sp³-hybridized carbons (Fsp3) is 0.921. The van der Waals surface area contributed by atoms with E-state index in [-0.39, 0.29) is 18.0 Å². The summed E-state index contributed by atoms with van der Waals surface area (Å²) in [5.41, 5.74) is 0. The van der Waals surface area contributed by atoms with Crippen molar-refractivity contribution in [3.05, 3.63) is 12.2 Å². The highest BCUT2D eigenvalue weighted by Gasteiger charge is 2.19. The molecule has 3 heteroatoms. The van der Waals surface area contributed by atoms with Gasteiger partial charge in [-0.05, 0) is 44.9 Å². The molecule has 0 saturated heterocycles. The third-order valence-electron chi connectivity index (χ3n) is 8.62. The standard InChI is InChI=1S/C38H74O3/c1-4-7-10-13-15-16-17-21-25-30-35-41-38(40)36(31-26-22-14-11-8-5-2)32-27-23-19-18-20-24-29-34-37(39)33-28-12-9-6-3/h24,29,36-37,39H,4-23,25-28,30-35H2,1-3H3/t36?,37-/m1/s1. The molecule has 244 valence electrons. The second kappa shape index (κ2) is 33.7. The molecule has 0 saturated carbocycles. The van der Waals surface area contributed by atoms with Crippen LogP contribution in [0.2, 0.25) is 0 Å². The lowest BCUT2D eigenvalue weighted by molar-refractivity contribution is -0.149. The van der Waals surface area contributed by atoms with Gasteiger partial charge in [-0.15, -0.1) is 0 Å². The van der Waals surface area contributed by atoms with Crippen LogP contribution >= 0.6 is 0 Å². The van der Waals surface area contributed by atoms with Crippen LogP contribution in [-0.4, -0.2) is 23.8 Å². The van der Waals surface area contributed by atoms with E-state index in [1.165, 1.54) is 128 Å². The van der Waals surface area contributed by atoms with E-state index in [2.05, 4.69) is 32.9 Å². The van der Waals surface area contributed by atoms with Gasteiger partial charge in [-0.1, -0.05) is 174 Å². The van der Waals surface area contributed by atoms with Crippen LogP contribution in [0.25, 0.3) is 0 Å². The number of rotatable bonds is 33. The Kier molecular flexibility index (Phi) is 33.0. The maximum absolute atomic E-state index is 12.9. The zero-order chi connectivity index (χ0) is 30.1. The van der Waals surface area contributed by atoms with E-state index in [1.807, 2.05) is 0 Å². The molecule has 0 aliphatic rings. The summed E-state index contributed by atoms with van der Waals surface area (Å²) < 4.78 is 5.78. The number of carbonyl (C=O) groups is 1. The van der Waals surface area contributed by atoms with Gasteiger partial charge in [-0.3, -0.25) is 4.79 Å². The normalized spacial score (nSPS) is 13.2. The van der Waals surface area contributed by atoms with Crippen LogP contribution in [0.3, 0.4) is 0 Å². The minimum Gasteiger partial charge on any atom is -0.465 e. The first-order valence-corrected chi connectivity index (χ1v) is 18.6. The van der Waals surface area contributed by atoms with Gasteiger partial charge in [-0.2, -0.15) is 0 Å². The van der Waals surface area contributed by atoms with Gasteiger partial charge in [0.05, 0.1) is 18.6 Å². The molecule has 0 aromatic rings. The summed E-state index contributed by atoms with van der Waals surface area (Å²) in [7, 11) is 0. The number of unbranched alkanes of at least 4 members (excludes halogenated alkanes) is 21. The van der Waals surface area contributed by atoms with Crippen LogP contribution in [0.5, 0.6) is 0 Å². The summed E-state index contributed by atoms with van der Waals surface area (Å²) in [6, 6.07) is 0. The number of ether oxygens (including phenoxy) is 1. The van der Waals surface area contributed by atoms with Gasteiger partial charge < -0.3 is 9.84 Å². The third kappa shape index (κ3) is 30.4. The van der Waals surface area contributed by atoms with Crippen LogP contribution in [0, 0.1) is 5.92 Å². The molecule has 0 fully saturated rings. The molecule has 0 heterocycles. The smallest absolute Gasteiger partial charge is 0.308 e. The summed E-state index contributed by atoms with van der Waals surface area (Å²) in [5.74, 6) is 0.175. The zero-order valence-corrected chi connectivity index (χ0v) is 28.3. The van der Waals surface area contributed by atoms with Gasteiger partial charge >= 0.3 is 5.97 Å². The van der Waals surface area contributed by atoms with E-state index in [0.717, 1.165) is 57.8 Å². The van der Waals surface area contributed by atoms with Crippen molar-refractivity contribution < 1.29 is 14.6 Å². The first-order valence-electron chi connectivity index (χ1n) is 18.6. The van der Waals surface area contributed by atoms with Crippen LogP contribution in [0.4, 0.5) is 0 Å². The molecule has 0 amide bonds. The van der Waals surface area contributed by atoms with E-state index in [9.17, 15) is 9.90 Å². The second-order valence-corrected chi connectivity index (χ2v) is 12.8. The first kappa shape index (κ1) is 40.2. The van der Waals surface area contributed by atoms with Crippen LogP contribution in [0.1, 0.15) is 207 Å². The minimum absolute atomic E-state index is 0.0747. The Morgan fingerprint density at radius 1 is 0.537 bits per heavy atom. The van der Waals surface area contributed by atoms with Crippen molar-refractivity contribution >= 4 is 5.97 Å². The maximum atomic E-state index is 12.9. The summed E-state index contributed by atoms with van der Waals surface area (Å²) in [4.78, 5) is 12.9. The summed E-state index contributed by atoms with van der Waals surface area (Å²) in [6.45, 7) is 7.37. The number of hydrogen-bond acceptors (Lipinski definition) is 3. The molecule has 3 nitrogen and oxygen atoms in total. The molecule has 0 aromatic carbocycles. The van der Waals surface area contributed by atoms with Crippen LogP contribution < -0.4 is 0 Å². The Labute approximate surface area is 258 Å². The van der Waals surface area contributed by atoms with Crippen molar-refractivity contribution in [1.82, 2.24) is 0 Å². The van der Waals surface area contributed by atoms with E-state index in [4.69, 9.17) is 4.74 Å². The quantitative estimate of drug-likeness (QED) is 0.0478. The Balaban J connectivity index is 4.05. The molecule has 1 N–H and O–H groups in total. The number of aliphatic hydroxyl groups is 1. The molecular weight excluding hydrogens is 504 g/mol. The number of aliphatic hydroxyl groups excluding tert-OH is 1. The highest BCUT2D eigenvalue weighted by molar-refractivity contribution is 5.72. The van der Waals surface area contributed by atoms with Crippen molar-refractivity contribution in [2.24, 2.45) is 5.92 Å². The van der Waals surface area contributed by atoms with Crippen LogP contribution in [0.15, 0.2) is 12.2 Å². The van der Waals surface area contributed by atoms with Gasteiger partial charge in [0, 0.05) is 0 Å². The van der Waals surface area contributed by atoms with Gasteiger partial charge in [0.1, 0.15) is 0 Å². The predicted octanol–water partition coefficient (Wildman–Crippen LogP) is 12.4. The van der Waals surface area contributed by atoms with Crippen molar-refractivity contribution in [2.45, 2.75) is 213 Å². The molecule has 41 heavy (non-hydrogen) atoms. The Hall–Kier alpha value is -0.830. The molecule has 0 rings (SSSR count).